The minimum atomic E-state index is 0.844. The Balaban J connectivity index is 2.26. The van der Waals surface area contributed by atoms with Gasteiger partial charge in [-0.3, -0.25) is 0 Å². The molecule has 3 nitrogen and oxygen atoms in total. The summed E-state index contributed by atoms with van der Waals surface area (Å²) in [4.78, 5) is 3.46. The van der Waals surface area contributed by atoms with Crippen molar-refractivity contribution < 1.29 is 0 Å². The summed E-state index contributed by atoms with van der Waals surface area (Å²) < 4.78 is 2.18. The third-order valence-electron chi connectivity index (χ3n) is 3.76. The number of hydrogen-bond donors (Lipinski definition) is 2. The largest absolute Gasteiger partial charge is 0.398 e. The second-order valence-corrected chi connectivity index (χ2v) is 4.84. The monoisotopic (exact) mass is 239 g/mol. The molecule has 2 aromatic heterocycles. The molecule has 0 radical (unpaired) electrons. The molecule has 0 amide bonds. The van der Waals surface area contributed by atoms with E-state index in [1.807, 2.05) is 12.1 Å². The van der Waals surface area contributed by atoms with E-state index in [9.17, 15) is 0 Å². The SMILES string of the molecule is Cc1c(N)ccc2[nH]c(-c3ccc(C)n3C)cc12. The fourth-order valence-corrected chi connectivity index (χ4v) is 2.39. The number of H-pyrrole nitrogens is 1. The Morgan fingerprint density at radius 3 is 2.56 bits per heavy atom. The van der Waals surface area contributed by atoms with E-state index in [0.717, 1.165) is 22.5 Å². The molecule has 2 heterocycles. The highest BCUT2D eigenvalue weighted by molar-refractivity contribution is 5.91. The van der Waals surface area contributed by atoms with Crippen LogP contribution in [0.25, 0.3) is 22.3 Å². The number of nitrogens with one attached hydrogen (secondary N) is 1. The first kappa shape index (κ1) is 11.0. The molecule has 3 N–H and O–H groups in total. The molecule has 0 aliphatic heterocycles. The van der Waals surface area contributed by atoms with Crippen LogP contribution in [-0.2, 0) is 7.05 Å². The van der Waals surface area contributed by atoms with E-state index in [0.29, 0.717) is 0 Å². The maximum atomic E-state index is 5.95. The van der Waals surface area contributed by atoms with Crippen LogP contribution in [0, 0.1) is 13.8 Å². The van der Waals surface area contributed by atoms with Crippen LogP contribution < -0.4 is 5.73 Å². The van der Waals surface area contributed by atoms with Gasteiger partial charge in [0.25, 0.3) is 0 Å². The number of nitrogen functional groups attached to an aromatic ring is 1. The van der Waals surface area contributed by atoms with E-state index in [4.69, 9.17) is 5.73 Å². The molecule has 0 saturated heterocycles. The number of anilines is 1. The van der Waals surface area contributed by atoms with Gasteiger partial charge >= 0.3 is 0 Å². The number of nitrogens with zero attached hydrogens (tertiary/aromatic N) is 1. The summed E-state index contributed by atoms with van der Waals surface area (Å²) in [5, 5.41) is 1.20. The van der Waals surface area contributed by atoms with Crippen molar-refractivity contribution in [1.29, 1.82) is 0 Å². The summed E-state index contributed by atoms with van der Waals surface area (Å²) in [6.07, 6.45) is 0. The van der Waals surface area contributed by atoms with E-state index in [-0.39, 0.29) is 0 Å². The predicted molar refractivity (Wildman–Crippen MR) is 76.6 cm³/mol. The number of nitrogens with two attached hydrogens (primary N) is 1. The van der Waals surface area contributed by atoms with E-state index in [1.165, 1.54) is 16.8 Å². The summed E-state index contributed by atoms with van der Waals surface area (Å²) in [6, 6.07) is 10.4. The van der Waals surface area contributed by atoms with Crippen molar-refractivity contribution >= 4 is 16.6 Å². The van der Waals surface area contributed by atoms with Crippen LogP contribution in [0.4, 0.5) is 5.69 Å². The molecule has 0 saturated carbocycles. The smallest absolute Gasteiger partial charge is 0.0645 e. The highest BCUT2D eigenvalue weighted by atomic mass is 15.0. The van der Waals surface area contributed by atoms with Crippen molar-refractivity contribution in [3.63, 3.8) is 0 Å². The maximum absolute atomic E-state index is 5.95. The molecule has 3 aromatic rings. The zero-order valence-electron chi connectivity index (χ0n) is 10.9. The zero-order valence-corrected chi connectivity index (χ0v) is 10.9. The standard InChI is InChI=1S/C15H17N3/c1-9-4-7-15(18(9)3)14-8-11-10(2)12(16)5-6-13(11)17-14/h4-8,17H,16H2,1-3H3. The minimum Gasteiger partial charge on any atom is -0.398 e. The lowest BCUT2D eigenvalue weighted by Crippen LogP contribution is -1.93. The molecule has 3 heteroatoms. The number of rotatable bonds is 1. The quantitative estimate of drug-likeness (QED) is 0.628. The van der Waals surface area contributed by atoms with Crippen LogP contribution in [0.5, 0.6) is 0 Å². The van der Waals surface area contributed by atoms with E-state index >= 15 is 0 Å². The van der Waals surface area contributed by atoms with Gasteiger partial charge in [0.05, 0.1) is 11.4 Å². The number of fused-ring (bicyclic) bond motifs is 1. The second kappa shape index (κ2) is 3.67. The highest BCUT2D eigenvalue weighted by Crippen LogP contribution is 2.29. The molecule has 0 fully saturated rings. The van der Waals surface area contributed by atoms with Gasteiger partial charge in [0.1, 0.15) is 0 Å². The first-order valence-electron chi connectivity index (χ1n) is 6.08. The zero-order chi connectivity index (χ0) is 12.9. The van der Waals surface area contributed by atoms with Crippen LogP contribution >= 0.6 is 0 Å². The summed E-state index contributed by atoms with van der Waals surface area (Å²) in [7, 11) is 2.08. The van der Waals surface area contributed by atoms with Gasteiger partial charge in [0.15, 0.2) is 0 Å². The van der Waals surface area contributed by atoms with Crippen LogP contribution in [-0.4, -0.2) is 9.55 Å². The Kier molecular flexibility index (Phi) is 2.23. The molecule has 18 heavy (non-hydrogen) atoms. The molecule has 0 atom stereocenters. The third-order valence-corrected chi connectivity index (χ3v) is 3.76. The van der Waals surface area contributed by atoms with Gasteiger partial charge in [-0.05, 0) is 49.7 Å². The molecule has 0 aliphatic carbocycles. The lowest BCUT2D eigenvalue weighted by molar-refractivity contribution is 0.888. The fourth-order valence-electron chi connectivity index (χ4n) is 2.39. The molecule has 0 aliphatic rings. The van der Waals surface area contributed by atoms with Crippen molar-refractivity contribution in [2.45, 2.75) is 13.8 Å². The van der Waals surface area contributed by atoms with Gasteiger partial charge in [0, 0.05) is 29.3 Å². The Hall–Kier alpha value is -2.16. The Labute approximate surface area is 106 Å². The predicted octanol–water partition coefficient (Wildman–Crippen LogP) is 3.37. The summed E-state index contributed by atoms with van der Waals surface area (Å²) in [5.41, 5.74) is 12.6. The number of aryl methyl sites for hydroxylation is 2. The van der Waals surface area contributed by atoms with E-state index in [2.05, 4.69) is 48.6 Å². The van der Waals surface area contributed by atoms with Gasteiger partial charge in [-0.25, -0.2) is 0 Å². The molecule has 0 bridgehead atoms. The van der Waals surface area contributed by atoms with Crippen LogP contribution in [0.15, 0.2) is 30.3 Å². The number of hydrogen-bond acceptors (Lipinski definition) is 1. The molecular weight excluding hydrogens is 222 g/mol. The van der Waals surface area contributed by atoms with Gasteiger partial charge in [-0.2, -0.15) is 0 Å². The van der Waals surface area contributed by atoms with E-state index < -0.39 is 0 Å². The first-order valence-corrected chi connectivity index (χ1v) is 6.08. The van der Waals surface area contributed by atoms with Crippen molar-refractivity contribution in [2.75, 3.05) is 5.73 Å². The first-order chi connectivity index (χ1) is 8.58. The average Bonchev–Trinajstić information content (AvgIpc) is 2.90. The Morgan fingerprint density at radius 2 is 1.89 bits per heavy atom. The van der Waals surface area contributed by atoms with Gasteiger partial charge in [-0.15, -0.1) is 0 Å². The van der Waals surface area contributed by atoms with Crippen LogP contribution in [0.1, 0.15) is 11.3 Å². The molecular formula is C15H17N3. The minimum absolute atomic E-state index is 0.844. The van der Waals surface area contributed by atoms with Crippen molar-refractivity contribution in [3.8, 4) is 11.4 Å². The van der Waals surface area contributed by atoms with Crippen molar-refractivity contribution in [3.05, 3.63) is 41.6 Å². The maximum Gasteiger partial charge on any atom is 0.0645 e. The number of aromatic amines is 1. The molecule has 1 aromatic carbocycles. The molecule has 92 valence electrons. The Morgan fingerprint density at radius 1 is 1.11 bits per heavy atom. The average molecular weight is 239 g/mol. The highest BCUT2D eigenvalue weighted by Gasteiger charge is 2.09. The van der Waals surface area contributed by atoms with Gasteiger partial charge in [-0.1, -0.05) is 0 Å². The third kappa shape index (κ3) is 1.44. The van der Waals surface area contributed by atoms with Gasteiger partial charge < -0.3 is 15.3 Å². The van der Waals surface area contributed by atoms with E-state index in [1.54, 1.807) is 0 Å². The topological polar surface area (TPSA) is 46.7 Å². The lowest BCUT2D eigenvalue weighted by atomic mass is 10.1. The summed E-state index contributed by atoms with van der Waals surface area (Å²) >= 11 is 0. The molecule has 0 spiro atoms. The Bertz CT molecular complexity index is 732. The normalized spacial score (nSPS) is 11.3. The fraction of sp³-hybridized carbons (Fsp3) is 0.200. The van der Waals surface area contributed by atoms with Crippen LogP contribution in [0.2, 0.25) is 0 Å². The second-order valence-electron chi connectivity index (χ2n) is 4.84. The van der Waals surface area contributed by atoms with Crippen molar-refractivity contribution in [1.82, 2.24) is 9.55 Å². The number of benzene rings is 1. The number of aromatic nitrogens is 2. The summed E-state index contributed by atoms with van der Waals surface area (Å²) in [6.45, 7) is 4.17. The summed E-state index contributed by atoms with van der Waals surface area (Å²) in [5.74, 6) is 0. The van der Waals surface area contributed by atoms with Gasteiger partial charge in [0.2, 0.25) is 0 Å². The molecule has 3 rings (SSSR count). The lowest BCUT2D eigenvalue weighted by Gasteiger charge is -2.02. The van der Waals surface area contributed by atoms with Crippen LogP contribution in [0.3, 0.4) is 0 Å². The molecule has 0 unspecified atom stereocenters. The van der Waals surface area contributed by atoms with Crippen molar-refractivity contribution in [2.24, 2.45) is 7.05 Å².